The quantitative estimate of drug-likeness (QED) is 0.946. The molecule has 1 aromatic carbocycles. The van der Waals surface area contributed by atoms with Gasteiger partial charge in [0.1, 0.15) is 0 Å². The average molecular weight is 304 g/mol. The molecule has 110 valence electrons. The summed E-state index contributed by atoms with van der Waals surface area (Å²) in [5, 5.41) is 8.05. The van der Waals surface area contributed by atoms with E-state index in [0.717, 1.165) is 30.5 Å². The first-order chi connectivity index (χ1) is 10.0. The van der Waals surface area contributed by atoms with Gasteiger partial charge in [-0.05, 0) is 43.9 Å². The van der Waals surface area contributed by atoms with E-state index < -0.39 is 0 Å². The number of aryl methyl sites for hydroxylation is 1. The van der Waals surface area contributed by atoms with Crippen molar-refractivity contribution < 1.29 is 4.79 Å². The van der Waals surface area contributed by atoms with Gasteiger partial charge in [-0.25, -0.2) is 0 Å². The fourth-order valence-electron chi connectivity index (χ4n) is 2.79. The Kier molecular flexibility index (Phi) is 3.49. The molecule has 2 aromatic rings. The van der Waals surface area contributed by atoms with Crippen LogP contribution in [0.15, 0.2) is 30.5 Å². The first-order valence-corrected chi connectivity index (χ1v) is 7.47. The van der Waals surface area contributed by atoms with Crippen LogP contribution in [0, 0.1) is 6.92 Å². The van der Waals surface area contributed by atoms with Gasteiger partial charge in [-0.2, -0.15) is 5.10 Å². The SMILES string of the molecule is Cc1c(C(=O)NC2(c3ccc(Cl)cc3)CCC2)cnn1C. The summed E-state index contributed by atoms with van der Waals surface area (Å²) in [5.41, 5.74) is 2.37. The Morgan fingerprint density at radius 1 is 1.33 bits per heavy atom. The molecule has 21 heavy (non-hydrogen) atoms. The first-order valence-electron chi connectivity index (χ1n) is 7.09. The molecule has 1 saturated carbocycles. The van der Waals surface area contributed by atoms with Gasteiger partial charge in [-0.1, -0.05) is 23.7 Å². The van der Waals surface area contributed by atoms with Crippen molar-refractivity contribution in [1.29, 1.82) is 0 Å². The molecule has 4 nitrogen and oxygen atoms in total. The van der Waals surface area contributed by atoms with Crippen molar-refractivity contribution in [2.24, 2.45) is 7.05 Å². The van der Waals surface area contributed by atoms with Crippen LogP contribution in [0.2, 0.25) is 5.02 Å². The van der Waals surface area contributed by atoms with Gasteiger partial charge in [0.2, 0.25) is 0 Å². The maximum absolute atomic E-state index is 12.5. The third kappa shape index (κ3) is 2.44. The fraction of sp³-hybridized carbons (Fsp3) is 0.375. The second-order valence-corrected chi connectivity index (χ2v) is 6.10. The topological polar surface area (TPSA) is 46.9 Å². The van der Waals surface area contributed by atoms with Crippen molar-refractivity contribution in [1.82, 2.24) is 15.1 Å². The number of amides is 1. The van der Waals surface area contributed by atoms with Crippen molar-refractivity contribution in [2.75, 3.05) is 0 Å². The lowest BCUT2D eigenvalue weighted by atomic mass is 9.71. The van der Waals surface area contributed by atoms with Crippen molar-refractivity contribution >= 4 is 17.5 Å². The van der Waals surface area contributed by atoms with E-state index in [4.69, 9.17) is 11.6 Å². The van der Waals surface area contributed by atoms with Crippen LogP contribution in [0.1, 0.15) is 40.9 Å². The monoisotopic (exact) mass is 303 g/mol. The fourth-order valence-corrected chi connectivity index (χ4v) is 2.92. The van der Waals surface area contributed by atoms with E-state index in [1.807, 2.05) is 38.2 Å². The summed E-state index contributed by atoms with van der Waals surface area (Å²) in [4.78, 5) is 12.5. The molecule has 0 bridgehead atoms. The highest BCUT2D eigenvalue weighted by Gasteiger charge is 2.40. The van der Waals surface area contributed by atoms with Crippen LogP contribution in [0.3, 0.4) is 0 Å². The minimum atomic E-state index is -0.260. The lowest BCUT2D eigenvalue weighted by molar-refractivity contribution is 0.0822. The van der Waals surface area contributed by atoms with Crippen molar-refractivity contribution in [2.45, 2.75) is 31.7 Å². The van der Waals surface area contributed by atoms with Gasteiger partial charge in [0, 0.05) is 17.8 Å². The van der Waals surface area contributed by atoms with Gasteiger partial charge in [0.15, 0.2) is 0 Å². The summed E-state index contributed by atoms with van der Waals surface area (Å²) < 4.78 is 1.71. The van der Waals surface area contributed by atoms with Crippen molar-refractivity contribution in [3.05, 3.63) is 52.3 Å². The molecular weight excluding hydrogens is 286 g/mol. The minimum absolute atomic E-state index is 0.0600. The molecule has 1 fully saturated rings. The Morgan fingerprint density at radius 2 is 2.00 bits per heavy atom. The Bertz CT molecular complexity index is 671. The molecule has 0 saturated heterocycles. The lowest BCUT2D eigenvalue weighted by Crippen LogP contribution is -2.50. The number of rotatable bonds is 3. The normalized spacial score (nSPS) is 16.3. The van der Waals surface area contributed by atoms with E-state index in [-0.39, 0.29) is 11.4 Å². The third-order valence-electron chi connectivity index (χ3n) is 4.44. The number of hydrogen-bond donors (Lipinski definition) is 1. The van der Waals surface area contributed by atoms with Crippen LogP contribution in [0.4, 0.5) is 0 Å². The predicted molar refractivity (Wildman–Crippen MR) is 82.4 cm³/mol. The summed E-state index contributed by atoms with van der Waals surface area (Å²) in [6.45, 7) is 1.90. The zero-order valence-corrected chi connectivity index (χ0v) is 12.9. The predicted octanol–water partition coefficient (Wildman–Crippen LogP) is 3.19. The number of benzene rings is 1. The van der Waals surface area contributed by atoms with Crippen molar-refractivity contribution in [3.8, 4) is 0 Å². The number of hydrogen-bond acceptors (Lipinski definition) is 2. The van der Waals surface area contributed by atoms with E-state index >= 15 is 0 Å². The van der Waals surface area contributed by atoms with Gasteiger partial charge in [0.25, 0.3) is 5.91 Å². The number of halogens is 1. The maximum atomic E-state index is 12.5. The molecule has 1 aliphatic rings. The number of aromatic nitrogens is 2. The number of carbonyl (C=O) groups is 1. The molecule has 0 atom stereocenters. The zero-order chi connectivity index (χ0) is 15.0. The lowest BCUT2D eigenvalue weighted by Gasteiger charge is -2.43. The Labute approximate surface area is 129 Å². The van der Waals surface area contributed by atoms with E-state index in [1.54, 1.807) is 10.9 Å². The first kappa shape index (κ1) is 14.1. The Morgan fingerprint density at radius 3 is 2.48 bits per heavy atom. The second-order valence-electron chi connectivity index (χ2n) is 5.66. The Hall–Kier alpha value is -1.81. The van der Waals surface area contributed by atoms with Crippen LogP contribution < -0.4 is 5.32 Å². The van der Waals surface area contributed by atoms with Gasteiger partial charge >= 0.3 is 0 Å². The summed E-state index contributed by atoms with van der Waals surface area (Å²) in [6.07, 6.45) is 4.66. The van der Waals surface area contributed by atoms with Gasteiger partial charge in [0.05, 0.1) is 17.3 Å². The van der Waals surface area contributed by atoms with Gasteiger partial charge < -0.3 is 5.32 Å². The van der Waals surface area contributed by atoms with Crippen molar-refractivity contribution in [3.63, 3.8) is 0 Å². The number of nitrogens with zero attached hydrogens (tertiary/aromatic N) is 2. The van der Waals surface area contributed by atoms with E-state index in [0.29, 0.717) is 10.6 Å². The highest BCUT2D eigenvalue weighted by Crippen LogP contribution is 2.41. The third-order valence-corrected chi connectivity index (χ3v) is 4.69. The highest BCUT2D eigenvalue weighted by atomic mass is 35.5. The van der Waals surface area contributed by atoms with E-state index in [9.17, 15) is 4.79 Å². The van der Waals surface area contributed by atoms with Crippen LogP contribution in [0.25, 0.3) is 0 Å². The Balaban J connectivity index is 1.86. The summed E-state index contributed by atoms with van der Waals surface area (Å²) in [5.74, 6) is -0.0600. The average Bonchev–Trinajstić information content (AvgIpc) is 2.75. The van der Waals surface area contributed by atoms with Gasteiger partial charge in [-0.15, -0.1) is 0 Å². The molecule has 1 heterocycles. The molecule has 3 rings (SSSR count). The standard InChI is InChI=1S/C16H18ClN3O/c1-11-14(10-18-20(11)2)15(21)19-16(8-3-9-16)12-4-6-13(17)7-5-12/h4-7,10H,3,8-9H2,1-2H3,(H,19,21). The molecule has 0 unspecified atom stereocenters. The zero-order valence-electron chi connectivity index (χ0n) is 12.2. The molecule has 5 heteroatoms. The molecule has 1 aliphatic carbocycles. The van der Waals surface area contributed by atoms with Crippen LogP contribution in [0.5, 0.6) is 0 Å². The minimum Gasteiger partial charge on any atom is -0.342 e. The van der Waals surface area contributed by atoms with Crippen LogP contribution >= 0.6 is 11.6 Å². The molecule has 0 aliphatic heterocycles. The summed E-state index contributed by atoms with van der Waals surface area (Å²) >= 11 is 5.95. The molecule has 1 aromatic heterocycles. The molecule has 0 radical (unpaired) electrons. The largest absolute Gasteiger partial charge is 0.342 e. The number of nitrogens with one attached hydrogen (secondary N) is 1. The number of carbonyl (C=O) groups excluding carboxylic acids is 1. The molecule has 1 amide bonds. The summed E-state index contributed by atoms with van der Waals surface area (Å²) in [6, 6.07) is 7.74. The van der Waals surface area contributed by atoms with E-state index in [2.05, 4.69) is 10.4 Å². The van der Waals surface area contributed by atoms with Gasteiger partial charge in [-0.3, -0.25) is 9.48 Å². The molecular formula is C16H18ClN3O. The smallest absolute Gasteiger partial charge is 0.255 e. The maximum Gasteiger partial charge on any atom is 0.255 e. The van der Waals surface area contributed by atoms with E-state index in [1.165, 1.54) is 0 Å². The van der Waals surface area contributed by atoms with Crippen LogP contribution in [-0.4, -0.2) is 15.7 Å². The summed E-state index contributed by atoms with van der Waals surface area (Å²) in [7, 11) is 1.84. The highest BCUT2D eigenvalue weighted by molar-refractivity contribution is 6.30. The molecule has 0 spiro atoms. The second kappa shape index (κ2) is 5.19. The van der Waals surface area contributed by atoms with Crippen LogP contribution in [-0.2, 0) is 12.6 Å². The molecule has 1 N–H and O–H groups in total.